The van der Waals surface area contributed by atoms with Gasteiger partial charge in [-0.05, 0) is 48.6 Å². The Hall–Kier alpha value is -2.54. The van der Waals surface area contributed by atoms with Crippen LogP contribution in [-0.4, -0.2) is 9.67 Å². The smallest absolute Gasteiger partial charge is 0.119 e. The van der Waals surface area contributed by atoms with Crippen molar-refractivity contribution in [3.8, 4) is 0 Å². The summed E-state index contributed by atoms with van der Waals surface area (Å²) in [6.07, 6.45) is 3.86. The Morgan fingerprint density at radius 1 is 1.09 bits per heavy atom. The monoisotopic (exact) mass is 303 g/mol. The highest BCUT2D eigenvalue weighted by Crippen LogP contribution is 2.24. The molecule has 1 unspecified atom stereocenters. The Bertz CT molecular complexity index is 839. The highest BCUT2D eigenvalue weighted by Gasteiger charge is 2.12. The van der Waals surface area contributed by atoms with Crippen molar-refractivity contribution in [3.63, 3.8) is 0 Å². The molecule has 0 amide bonds. The topological polar surface area (TPSA) is 25.2 Å². The molecule has 1 N–H and O–H groups in total. The molecule has 2 aromatic carbocycles. The molecule has 0 bridgehead atoms. The standard InChI is InChI=1S/C21H21NO/c1-2-22-19-14-8-7-13-18(19)16-20(22)21(23)15-9-6-12-17-10-4-3-5-11-17/h3-8,10-11,13-16,21,23H,2,12H2,1H3. The van der Waals surface area contributed by atoms with Crippen molar-refractivity contribution in [2.45, 2.75) is 26.0 Å². The van der Waals surface area contributed by atoms with Crippen molar-refractivity contribution in [2.75, 3.05) is 0 Å². The second kappa shape index (κ2) is 7.15. The summed E-state index contributed by atoms with van der Waals surface area (Å²) in [7, 11) is 0. The number of nitrogens with zero attached hydrogens (tertiary/aromatic N) is 1. The van der Waals surface area contributed by atoms with E-state index in [1.165, 1.54) is 5.56 Å². The third-order valence-electron chi connectivity index (χ3n) is 4.01. The minimum atomic E-state index is -0.644. The number of rotatable bonds is 5. The number of para-hydroxylation sites is 1. The number of benzene rings is 2. The lowest BCUT2D eigenvalue weighted by atomic mass is 10.1. The van der Waals surface area contributed by atoms with E-state index in [2.05, 4.69) is 47.6 Å². The van der Waals surface area contributed by atoms with E-state index in [1.54, 1.807) is 6.08 Å². The van der Waals surface area contributed by atoms with Gasteiger partial charge in [-0.15, -0.1) is 5.73 Å². The van der Waals surface area contributed by atoms with Gasteiger partial charge in [-0.1, -0.05) is 48.5 Å². The molecule has 1 atom stereocenters. The van der Waals surface area contributed by atoms with Crippen LogP contribution in [0.1, 0.15) is 24.3 Å². The summed E-state index contributed by atoms with van der Waals surface area (Å²) in [4.78, 5) is 0. The number of fused-ring (bicyclic) bond motifs is 1. The molecule has 0 fully saturated rings. The summed E-state index contributed by atoms with van der Waals surface area (Å²) >= 11 is 0. The Kier molecular flexibility index (Phi) is 4.77. The molecule has 2 nitrogen and oxygen atoms in total. The third kappa shape index (κ3) is 3.45. The Morgan fingerprint density at radius 3 is 2.61 bits per heavy atom. The summed E-state index contributed by atoms with van der Waals surface area (Å²) in [5.41, 5.74) is 6.43. The van der Waals surface area contributed by atoms with Crippen molar-refractivity contribution in [3.05, 3.63) is 89.8 Å². The quantitative estimate of drug-likeness (QED) is 0.682. The fourth-order valence-electron chi connectivity index (χ4n) is 2.87. The normalized spacial score (nSPS) is 11.9. The van der Waals surface area contributed by atoms with E-state index < -0.39 is 6.10 Å². The summed E-state index contributed by atoms with van der Waals surface area (Å²) in [6, 6.07) is 20.5. The summed E-state index contributed by atoms with van der Waals surface area (Å²) in [5.74, 6) is 0. The van der Waals surface area contributed by atoms with Gasteiger partial charge in [-0.25, -0.2) is 0 Å². The largest absolute Gasteiger partial charge is 0.382 e. The van der Waals surface area contributed by atoms with Crippen LogP contribution in [-0.2, 0) is 13.0 Å². The first-order chi connectivity index (χ1) is 11.3. The Balaban J connectivity index is 1.80. The lowest BCUT2D eigenvalue weighted by Gasteiger charge is -2.10. The van der Waals surface area contributed by atoms with Crippen LogP contribution < -0.4 is 0 Å². The lowest BCUT2D eigenvalue weighted by Crippen LogP contribution is -2.04. The van der Waals surface area contributed by atoms with Crippen LogP contribution in [0.3, 0.4) is 0 Å². The third-order valence-corrected chi connectivity index (χ3v) is 4.01. The predicted octanol–water partition coefficient (Wildman–Crippen LogP) is 4.65. The Morgan fingerprint density at radius 2 is 1.83 bits per heavy atom. The molecule has 0 radical (unpaired) electrons. The van der Waals surface area contributed by atoms with E-state index in [0.29, 0.717) is 0 Å². The van der Waals surface area contributed by atoms with Gasteiger partial charge >= 0.3 is 0 Å². The van der Waals surface area contributed by atoms with Crippen LogP contribution in [0.5, 0.6) is 0 Å². The fourth-order valence-corrected chi connectivity index (χ4v) is 2.87. The van der Waals surface area contributed by atoms with E-state index in [4.69, 9.17) is 0 Å². The zero-order valence-electron chi connectivity index (χ0n) is 13.3. The molecular formula is C21H21NO. The number of hydrogen-bond acceptors (Lipinski definition) is 1. The van der Waals surface area contributed by atoms with Crippen LogP contribution in [0.25, 0.3) is 10.9 Å². The van der Waals surface area contributed by atoms with Gasteiger partial charge < -0.3 is 9.67 Å². The first-order valence-electron chi connectivity index (χ1n) is 8.01. The minimum Gasteiger partial charge on any atom is -0.382 e. The molecule has 0 aliphatic rings. The zero-order valence-corrected chi connectivity index (χ0v) is 13.3. The molecule has 116 valence electrons. The number of aromatic nitrogens is 1. The van der Waals surface area contributed by atoms with Crippen LogP contribution in [0.4, 0.5) is 0 Å². The highest BCUT2D eigenvalue weighted by atomic mass is 16.3. The Labute approximate surface area is 137 Å². The van der Waals surface area contributed by atoms with Gasteiger partial charge in [0.2, 0.25) is 0 Å². The molecule has 0 saturated carbocycles. The summed E-state index contributed by atoms with van der Waals surface area (Å²) in [6.45, 7) is 2.93. The maximum absolute atomic E-state index is 10.5. The van der Waals surface area contributed by atoms with E-state index in [-0.39, 0.29) is 0 Å². The predicted molar refractivity (Wildman–Crippen MR) is 95.4 cm³/mol. The summed E-state index contributed by atoms with van der Waals surface area (Å²) < 4.78 is 2.15. The van der Waals surface area contributed by atoms with Gasteiger partial charge in [0.1, 0.15) is 6.10 Å². The molecule has 3 aromatic rings. The van der Waals surface area contributed by atoms with E-state index in [1.807, 2.05) is 36.4 Å². The number of aryl methyl sites for hydroxylation is 1. The average Bonchev–Trinajstić information content (AvgIpc) is 2.98. The van der Waals surface area contributed by atoms with Gasteiger partial charge in [-0.3, -0.25) is 0 Å². The molecular weight excluding hydrogens is 282 g/mol. The molecule has 0 aliphatic carbocycles. The first-order valence-corrected chi connectivity index (χ1v) is 8.01. The van der Waals surface area contributed by atoms with Crippen LogP contribution in [0, 0.1) is 0 Å². The van der Waals surface area contributed by atoms with Crippen molar-refractivity contribution in [1.29, 1.82) is 0 Å². The van der Waals surface area contributed by atoms with Crippen LogP contribution >= 0.6 is 0 Å². The molecule has 1 aromatic heterocycles. The fraction of sp³-hybridized carbons (Fsp3) is 0.190. The number of aliphatic hydroxyl groups is 1. The molecule has 0 spiro atoms. The molecule has 0 saturated heterocycles. The average molecular weight is 303 g/mol. The maximum atomic E-state index is 10.5. The number of hydrogen-bond donors (Lipinski definition) is 1. The molecule has 23 heavy (non-hydrogen) atoms. The SMILES string of the molecule is CCn1c(C(O)C=C=CCc2ccccc2)cc2ccccc21. The van der Waals surface area contributed by atoms with E-state index in [0.717, 1.165) is 29.6 Å². The van der Waals surface area contributed by atoms with Crippen LogP contribution in [0.2, 0.25) is 0 Å². The first kappa shape index (κ1) is 15.4. The molecule has 2 heteroatoms. The van der Waals surface area contributed by atoms with Gasteiger partial charge in [0.05, 0.1) is 5.69 Å². The van der Waals surface area contributed by atoms with E-state index >= 15 is 0 Å². The van der Waals surface area contributed by atoms with Crippen LogP contribution in [0.15, 0.2) is 78.5 Å². The highest BCUT2D eigenvalue weighted by molar-refractivity contribution is 5.81. The molecule has 0 aliphatic heterocycles. The van der Waals surface area contributed by atoms with Crippen molar-refractivity contribution < 1.29 is 5.11 Å². The lowest BCUT2D eigenvalue weighted by molar-refractivity contribution is 0.219. The van der Waals surface area contributed by atoms with Crippen molar-refractivity contribution >= 4 is 10.9 Å². The van der Waals surface area contributed by atoms with Gasteiger partial charge in [-0.2, -0.15) is 0 Å². The second-order valence-electron chi connectivity index (χ2n) is 5.54. The second-order valence-corrected chi connectivity index (χ2v) is 5.54. The molecule has 3 rings (SSSR count). The zero-order chi connectivity index (χ0) is 16.1. The van der Waals surface area contributed by atoms with Gasteiger partial charge in [0.25, 0.3) is 0 Å². The minimum absolute atomic E-state index is 0.644. The van der Waals surface area contributed by atoms with Gasteiger partial charge in [0, 0.05) is 12.1 Å². The summed E-state index contributed by atoms with van der Waals surface area (Å²) in [5, 5.41) is 11.6. The molecule has 1 heterocycles. The number of aliphatic hydroxyl groups excluding tert-OH is 1. The maximum Gasteiger partial charge on any atom is 0.119 e. The van der Waals surface area contributed by atoms with Crippen molar-refractivity contribution in [1.82, 2.24) is 4.57 Å². The van der Waals surface area contributed by atoms with Gasteiger partial charge in [0.15, 0.2) is 0 Å². The van der Waals surface area contributed by atoms with E-state index in [9.17, 15) is 5.11 Å². The van der Waals surface area contributed by atoms with Crippen molar-refractivity contribution in [2.24, 2.45) is 0 Å².